The van der Waals surface area contributed by atoms with E-state index in [0.29, 0.717) is 23.5 Å². The van der Waals surface area contributed by atoms with Crippen molar-refractivity contribution in [1.29, 1.82) is 0 Å². The highest BCUT2D eigenvalue weighted by molar-refractivity contribution is 7.09. The lowest BCUT2D eigenvalue weighted by atomic mass is 10.2. The Balaban J connectivity index is 1.60. The number of rotatable bonds is 1. The molecule has 2 bridgehead atoms. The number of likely N-dealkylation sites (tertiary alicyclic amines) is 2. The van der Waals surface area contributed by atoms with Crippen LogP contribution >= 0.6 is 11.3 Å². The third kappa shape index (κ3) is 3.61. The van der Waals surface area contributed by atoms with E-state index in [-0.39, 0.29) is 18.6 Å². The van der Waals surface area contributed by atoms with Crippen LogP contribution in [0.5, 0.6) is 0 Å². The summed E-state index contributed by atoms with van der Waals surface area (Å²) in [6, 6.07) is 3.76. The number of fused-ring (bicyclic) bond motifs is 2. The number of carboxylic acid groups (broad SMARTS) is 1. The molecule has 7 nitrogen and oxygen atoms in total. The molecule has 0 radical (unpaired) electrons. The van der Waals surface area contributed by atoms with Crippen LogP contribution < -0.4 is 4.80 Å². The first-order chi connectivity index (χ1) is 13.6. The van der Waals surface area contributed by atoms with Crippen molar-refractivity contribution in [3.8, 4) is 5.69 Å². The van der Waals surface area contributed by atoms with Gasteiger partial charge in [-0.2, -0.15) is 18.2 Å². The molecule has 4 rings (SSSR count). The minimum atomic E-state index is -4.42. The molecular weight excluding hydrogens is 409 g/mol. The number of amides is 3. The number of urea groups is 1. The van der Waals surface area contributed by atoms with Crippen LogP contribution in [-0.4, -0.2) is 56.8 Å². The van der Waals surface area contributed by atoms with Gasteiger partial charge in [0.1, 0.15) is 0 Å². The summed E-state index contributed by atoms with van der Waals surface area (Å²) in [4.78, 5) is 32.2. The SMILES string of the molecule is Cc1cn(-c2ccc(C(F)(F)F)cc2)c(=NC(=O)N2C[C@@H]3C[C@H]2CN3C(=O)O)s1. The Morgan fingerprint density at radius 1 is 1.14 bits per heavy atom. The van der Waals surface area contributed by atoms with E-state index in [1.807, 2.05) is 6.92 Å². The Bertz CT molecular complexity index is 1030. The van der Waals surface area contributed by atoms with Gasteiger partial charge >= 0.3 is 18.3 Å². The van der Waals surface area contributed by atoms with Crippen molar-refractivity contribution in [3.05, 3.63) is 45.7 Å². The molecule has 0 saturated carbocycles. The highest BCUT2D eigenvalue weighted by Crippen LogP contribution is 2.31. The highest BCUT2D eigenvalue weighted by Gasteiger charge is 2.47. The van der Waals surface area contributed by atoms with Crippen LogP contribution in [0.4, 0.5) is 22.8 Å². The summed E-state index contributed by atoms with van der Waals surface area (Å²) in [5.41, 5.74) is -0.284. The van der Waals surface area contributed by atoms with E-state index < -0.39 is 23.9 Å². The molecule has 2 saturated heterocycles. The average Bonchev–Trinajstić information content (AvgIpc) is 3.35. The number of halogens is 3. The van der Waals surface area contributed by atoms with E-state index >= 15 is 0 Å². The summed E-state index contributed by atoms with van der Waals surface area (Å²) < 4.78 is 39.9. The fraction of sp³-hybridized carbons (Fsp3) is 0.389. The number of carbonyl (C=O) groups excluding carboxylic acids is 1. The first-order valence-electron chi connectivity index (χ1n) is 8.85. The second-order valence-corrected chi connectivity index (χ2v) is 8.28. The number of carbonyl (C=O) groups is 2. The van der Waals surface area contributed by atoms with Gasteiger partial charge in [-0.1, -0.05) is 0 Å². The molecule has 3 heterocycles. The quantitative estimate of drug-likeness (QED) is 0.760. The highest BCUT2D eigenvalue weighted by atomic mass is 32.1. The number of aromatic nitrogens is 1. The second kappa shape index (κ2) is 6.90. The van der Waals surface area contributed by atoms with Gasteiger partial charge in [0.05, 0.1) is 17.6 Å². The fourth-order valence-electron chi connectivity index (χ4n) is 3.81. The van der Waals surface area contributed by atoms with E-state index in [0.717, 1.165) is 17.0 Å². The average molecular weight is 426 g/mol. The largest absolute Gasteiger partial charge is 0.465 e. The van der Waals surface area contributed by atoms with Crippen molar-refractivity contribution in [2.75, 3.05) is 13.1 Å². The predicted molar refractivity (Wildman–Crippen MR) is 98.0 cm³/mol. The Morgan fingerprint density at radius 3 is 2.31 bits per heavy atom. The van der Waals surface area contributed by atoms with E-state index in [2.05, 4.69) is 4.99 Å². The van der Waals surface area contributed by atoms with Gasteiger partial charge in [0.2, 0.25) is 0 Å². The molecule has 2 atom stereocenters. The van der Waals surface area contributed by atoms with Crippen LogP contribution in [0.2, 0.25) is 0 Å². The van der Waals surface area contributed by atoms with Crippen molar-refractivity contribution >= 4 is 23.5 Å². The maximum Gasteiger partial charge on any atom is 0.416 e. The van der Waals surface area contributed by atoms with Gasteiger partial charge in [-0.05, 0) is 37.6 Å². The number of thiazole rings is 1. The van der Waals surface area contributed by atoms with Crippen LogP contribution in [0.3, 0.4) is 0 Å². The minimum Gasteiger partial charge on any atom is -0.465 e. The Labute approximate surface area is 167 Å². The van der Waals surface area contributed by atoms with Gasteiger partial charge in [-0.15, -0.1) is 11.3 Å². The maximum absolute atomic E-state index is 12.8. The maximum atomic E-state index is 12.8. The lowest BCUT2D eigenvalue weighted by Gasteiger charge is -2.31. The third-order valence-electron chi connectivity index (χ3n) is 5.17. The van der Waals surface area contributed by atoms with Crippen LogP contribution in [-0.2, 0) is 6.18 Å². The molecule has 1 aromatic heterocycles. The van der Waals surface area contributed by atoms with E-state index in [4.69, 9.17) is 5.11 Å². The molecule has 2 aliphatic heterocycles. The molecular formula is C18H17F3N4O3S. The molecule has 1 N–H and O–H groups in total. The first kappa shape index (κ1) is 19.5. The van der Waals surface area contributed by atoms with Crippen molar-refractivity contribution in [1.82, 2.24) is 14.4 Å². The zero-order chi connectivity index (χ0) is 20.9. The molecule has 1 aromatic carbocycles. The Morgan fingerprint density at radius 2 is 1.76 bits per heavy atom. The Kier molecular flexibility index (Phi) is 4.64. The summed E-state index contributed by atoms with van der Waals surface area (Å²) in [6.07, 6.45) is -3.11. The number of nitrogens with zero attached hydrogens (tertiary/aromatic N) is 4. The third-order valence-corrected chi connectivity index (χ3v) is 6.06. The lowest BCUT2D eigenvalue weighted by molar-refractivity contribution is -0.137. The van der Waals surface area contributed by atoms with E-state index in [1.165, 1.54) is 28.4 Å². The molecule has 154 valence electrons. The number of alkyl halides is 3. The standard InChI is InChI=1S/C18H17F3N4O3S/c1-10-7-24(12-4-2-11(3-5-12)18(19,20)21)16(29-10)22-15(26)23-8-14-6-13(23)9-25(14)17(27)28/h2-5,7,13-14H,6,8-9H2,1H3,(H,27,28)/t13-,14-/m0/s1. The second-order valence-electron chi connectivity index (χ2n) is 7.06. The van der Waals surface area contributed by atoms with Crippen molar-refractivity contribution in [2.45, 2.75) is 31.6 Å². The number of aryl methyl sites for hydroxylation is 1. The summed E-state index contributed by atoms with van der Waals surface area (Å²) in [7, 11) is 0. The fourth-order valence-corrected chi connectivity index (χ4v) is 4.64. The number of hydrogen-bond acceptors (Lipinski definition) is 3. The van der Waals surface area contributed by atoms with Crippen molar-refractivity contribution in [2.24, 2.45) is 4.99 Å². The molecule has 0 aliphatic carbocycles. The van der Waals surface area contributed by atoms with Gasteiger partial charge < -0.3 is 14.9 Å². The van der Waals surface area contributed by atoms with Crippen LogP contribution in [0, 0.1) is 6.92 Å². The summed E-state index contributed by atoms with van der Waals surface area (Å²) >= 11 is 1.25. The zero-order valence-corrected chi connectivity index (χ0v) is 16.1. The van der Waals surface area contributed by atoms with Crippen molar-refractivity contribution < 1.29 is 27.9 Å². The van der Waals surface area contributed by atoms with Crippen LogP contribution in [0.25, 0.3) is 5.69 Å². The van der Waals surface area contributed by atoms with Gasteiger partial charge in [-0.25, -0.2) is 9.59 Å². The van der Waals surface area contributed by atoms with Crippen LogP contribution in [0.1, 0.15) is 16.9 Å². The summed E-state index contributed by atoms with van der Waals surface area (Å²) in [6.45, 7) is 2.38. The summed E-state index contributed by atoms with van der Waals surface area (Å²) in [5.74, 6) is 0. The predicted octanol–water partition coefficient (Wildman–Crippen LogP) is 3.32. The van der Waals surface area contributed by atoms with Gasteiger partial charge in [0.25, 0.3) is 0 Å². The van der Waals surface area contributed by atoms with E-state index in [9.17, 15) is 22.8 Å². The molecule has 2 fully saturated rings. The Hall–Kier alpha value is -2.82. The molecule has 3 amide bonds. The molecule has 11 heteroatoms. The molecule has 29 heavy (non-hydrogen) atoms. The van der Waals surface area contributed by atoms with Gasteiger partial charge in [0, 0.05) is 29.9 Å². The molecule has 2 aliphatic rings. The molecule has 2 aromatic rings. The normalized spacial score (nSPS) is 21.9. The molecule has 0 spiro atoms. The number of piperazine rings is 1. The summed E-state index contributed by atoms with van der Waals surface area (Å²) in [5, 5.41) is 9.16. The smallest absolute Gasteiger partial charge is 0.416 e. The topological polar surface area (TPSA) is 78.1 Å². The monoisotopic (exact) mass is 426 g/mol. The van der Waals surface area contributed by atoms with Gasteiger partial charge in [-0.3, -0.25) is 4.57 Å². The zero-order valence-electron chi connectivity index (χ0n) is 15.3. The van der Waals surface area contributed by atoms with Gasteiger partial charge in [0.15, 0.2) is 4.80 Å². The minimum absolute atomic E-state index is 0.201. The van der Waals surface area contributed by atoms with E-state index in [1.54, 1.807) is 15.7 Å². The number of hydrogen-bond donors (Lipinski definition) is 1. The molecule has 0 unspecified atom stereocenters. The number of benzene rings is 1. The van der Waals surface area contributed by atoms with Crippen LogP contribution in [0.15, 0.2) is 35.5 Å². The lowest BCUT2D eigenvalue weighted by Crippen LogP contribution is -2.49. The van der Waals surface area contributed by atoms with Crippen molar-refractivity contribution in [3.63, 3.8) is 0 Å². The first-order valence-corrected chi connectivity index (χ1v) is 9.67.